The van der Waals surface area contributed by atoms with Crippen LogP contribution in [-0.4, -0.2) is 21.4 Å². The second-order valence-electron chi connectivity index (χ2n) is 6.36. The largest absolute Gasteiger partial charge is 0.464 e. The van der Waals surface area contributed by atoms with E-state index in [0.717, 1.165) is 23.0 Å². The van der Waals surface area contributed by atoms with Gasteiger partial charge in [0.05, 0.1) is 17.6 Å². The summed E-state index contributed by atoms with van der Waals surface area (Å²) in [6.07, 6.45) is 2.65. The Morgan fingerprint density at radius 3 is 2.63 bits per heavy atom. The van der Waals surface area contributed by atoms with E-state index < -0.39 is 10.0 Å². The molecule has 0 saturated carbocycles. The zero-order chi connectivity index (χ0) is 19.6. The lowest BCUT2D eigenvalue weighted by molar-refractivity contribution is -0.115. The summed E-state index contributed by atoms with van der Waals surface area (Å²) < 4.78 is 32.0. The van der Waals surface area contributed by atoms with Crippen LogP contribution in [-0.2, 0) is 27.7 Å². The van der Waals surface area contributed by atoms with Gasteiger partial charge in [-0.05, 0) is 49.7 Å². The predicted octanol–water partition coefficient (Wildman–Crippen LogP) is 3.39. The summed E-state index contributed by atoms with van der Waals surface area (Å²) in [5, 5.41) is 3.67. The molecule has 0 saturated heterocycles. The molecule has 3 aromatic rings. The van der Waals surface area contributed by atoms with Crippen LogP contribution in [0.4, 0.5) is 5.69 Å². The van der Waals surface area contributed by atoms with Crippen LogP contribution in [0.15, 0.2) is 52.0 Å². The highest BCUT2D eigenvalue weighted by atomic mass is 32.2. The Hall–Kier alpha value is -2.64. The number of furan rings is 1. The van der Waals surface area contributed by atoms with Gasteiger partial charge in [0.2, 0.25) is 15.9 Å². The quantitative estimate of drug-likeness (QED) is 0.680. The highest BCUT2D eigenvalue weighted by molar-refractivity contribution is 7.89. The van der Waals surface area contributed by atoms with Crippen LogP contribution >= 0.6 is 0 Å². The Labute approximate surface area is 158 Å². The van der Waals surface area contributed by atoms with Crippen LogP contribution in [0.25, 0.3) is 11.0 Å². The summed E-state index contributed by atoms with van der Waals surface area (Å²) in [5.41, 5.74) is 3.76. The average molecular weight is 386 g/mol. The zero-order valence-corrected chi connectivity index (χ0v) is 16.3. The minimum absolute atomic E-state index is 0.139. The van der Waals surface area contributed by atoms with Crippen molar-refractivity contribution in [2.75, 3.05) is 12.4 Å². The summed E-state index contributed by atoms with van der Waals surface area (Å²) in [5.74, 6) is -0.242. The number of anilines is 1. The molecule has 0 spiro atoms. The molecule has 142 valence electrons. The third-order valence-corrected chi connectivity index (χ3v) is 6.07. The minimum atomic E-state index is -3.59. The van der Waals surface area contributed by atoms with Crippen LogP contribution in [0.2, 0.25) is 0 Å². The first-order chi connectivity index (χ1) is 12.8. The number of sulfonamides is 1. The van der Waals surface area contributed by atoms with E-state index in [1.807, 2.05) is 18.2 Å². The second-order valence-corrected chi connectivity index (χ2v) is 8.21. The Bertz CT molecular complexity index is 1100. The minimum Gasteiger partial charge on any atom is -0.464 e. The standard InChI is InChI=1S/C20H22N2O4S/c1-4-14-6-8-17-15(12-26-18(17)9-14)10-20(23)22-16-7-5-13(2)19(11-16)27(24,25)21-3/h5-9,11-12,21H,4,10H2,1-3H3,(H,22,23). The summed E-state index contributed by atoms with van der Waals surface area (Å²) >= 11 is 0. The van der Waals surface area contributed by atoms with Crippen molar-refractivity contribution in [2.24, 2.45) is 0 Å². The van der Waals surface area contributed by atoms with Crippen LogP contribution in [0.5, 0.6) is 0 Å². The molecule has 0 unspecified atom stereocenters. The van der Waals surface area contributed by atoms with Gasteiger partial charge in [-0.15, -0.1) is 0 Å². The van der Waals surface area contributed by atoms with Gasteiger partial charge in [-0.1, -0.05) is 25.1 Å². The summed E-state index contributed by atoms with van der Waals surface area (Å²) in [7, 11) is -2.23. The molecule has 0 aliphatic rings. The maximum atomic E-state index is 12.4. The van der Waals surface area contributed by atoms with Gasteiger partial charge in [0, 0.05) is 16.6 Å². The van der Waals surface area contributed by atoms with E-state index in [4.69, 9.17) is 4.42 Å². The molecule has 1 heterocycles. The summed E-state index contributed by atoms with van der Waals surface area (Å²) in [6, 6.07) is 10.8. The zero-order valence-electron chi connectivity index (χ0n) is 15.5. The fourth-order valence-corrected chi connectivity index (χ4v) is 3.93. The number of hydrogen-bond donors (Lipinski definition) is 2. The summed E-state index contributed by atoms with van der Waals surface area (Å²) in [4.78, 5) is 12.6. The maximum absolute atomic E-state index is 12.4. The van der Waals surface area contributed by atoms with Crippen molar-refractivity contribution in [3.05, 3.63) is 59.4 Å². The van der Waals surface area contributed by atoms with Crippen LogP contribution < -0.4 is 10.0 Å². The third-order valence-electron chi connectivity index (χ3n) is 4.51. The number of rotatable bonds is 6. The monoisotopic (exact) mass is 386 g/mol. The van der Waals surface area contributed by atoms with E-state index in [-0.39, 0.29) is 17.2 Å². The molecule has 0 aliphatic carbocycles. The lowest BCUT2D eigenvalue weighted by Gasteiger charge is -2.10. The van der Waals surface area contributed by atoms with Gasteiger partial charge in [0.15, 0.2) is 0 Å². The molecule has 2 N–H and O–H groups in total. The Kier molecular flexibility index (Phi) is 5.34. The molecule has 0 fully saturated rings. The van der Waals surface area contributed by atoms with Gasteiger partial charge < -0.3 is 9.73 Å². The highest BCUT2D eigenvalue weighted by Crippen LogP contribution is 2.24. The van der Waals surface area contributed by atoms with E-state index in [0.29, 0.717) is 11.3 Å². The van der Waals surface area contributed by atoms with E-state index in [9.17, 15) is 13.2 Å². The van der Waals surface area contributed by atoms with Gasteiger partial charge in [-0.3, -0.25) is 4.79 Å². The molecule has 0 bridgehead atoms. The molecular formula is C20H22N2O4S. The normalized spacial score (nSPS) is 11.7. The van der Waals surface area contributed by atoms with E-state index in [1.165, 1.54) is 18.7 Å². The van der Waals surface area contributed by atoms with Crippen molar-refractivity contribution < 1.29 is 17.6 Å². The molecule has 6 nitrogen and oxygen atoms in total. The van der Waals surface area contributed by atoms with Gasteiger partial charge >= 0.3 is 0 Å². The third kappa shape index (κ3) is 4.04. The fourth-order valence-electron chi connectivity index (χ4n) is 2.94. The molecule has 0 atom stereocenters. The smallest absolute Gasteiger partial charge is 0.240 e. The van der Waals surface area contributed by atoms with Gasteiger partial charge in [-0.2, -0.15) is 0 Å². The molecular weight excluding hydrogens is 364 g/mol. The molecule has 3 rings (SSSR count). The van der Waals surface area contributed by atoms with Crippen molar-refractivity contribution >= 4 is 32.6 Å². The van der Waals surface area contributed by atoms with Crippen molar-refractivity contribution in [1.29, 1.82) is 0 Å². The maximum Gasteiger partial charge on any atom is 0.240 e. The first-order valence-corrected chi connectivity index (χ1v) is 10.2. The van der Waals surface area contributed by atoms with Crippen LogP contribution in [0, 0.1) is 6.92 Å². The lowest BCUT2D eigenvalue weighted by Crippen LogP contribution is -2.20. The number of amides is 1. The van der Waals surface area contributed by atoms with E-state index >= 15 is 0 Å². The average Bonchev–Trinajstić information content (AvgIpc) is 3.05. The molecule has 7 heteroatoms. The topological polar surface area (TPSA) is 88.4 Å². The summed E-state index contributed by atoms with van der Waals surface area (Å²) in [6.45, 7) is 3.78. The lowest BCUT2D eigenvalue weighted by atomic mass is 10.1. The fraction of sp³-hybridized carbons (Fsp3) is 0.250. The highest BCUT2D eigenvalue weighted by Gasteiger charge is 2.16. The van der Waals surface area contributed by atoms with Crippen molar-refractivity contribution in [3.8, 4) is 0 Å². The van der Waals surface area contributed by atoms with Crippen molar-refractivity contribution in [3.63, 3.8) is 0 Å². The number of aryl methyl sites for hydroxylation is 2. The van der Waals surface area contributed by atoms with Gasteiger partial charge in [0.1, 0.15) is 5.58 Å². The molecule has 0 aliphatic heterocycles. The van der Waals surface area contributed by atoms with Gasteiger partial charge in [0.25, 0.3) is 0 Å². The Balaban J connectivity index is 1.80. The number of benzene rings is 2. The first-order valence-electron chi connectivity index (χ1n) is 8.67. The number of hydrogen-bond acceptors (Lipinski definition) is 4. The number of carbonyl (C=O) groups is 1. The molecule has 1 amide bonds. The van der Waals surface area contributed by atoms with Gasteiger partial charge in [-0.25, -0.2) is 13.1 Å². The Morgan fingerprint density at radius 2 is 1.93 bits per heavy atom. The molecule has 2 aromatic carbocycles. The first kappa shape index (κ1) is 19.1. The second kappa shape index (κ2) is 7.54. The van der Waals surface area contributed by atoms with Crippen LogP contribution in [0.1, 0.15) is 23.6 Å². The number of nitrogens with one attached hydrogen (secondary N) is 2. The Morgan fingerprint density at radius 1 is 1.15 bits per heavy atom. The molecule has 27 heavy (non-hydrogen) atoms. The number of carbonyl (C=O) groups excluding carboxylic acids is 1. The number of fused-ring (bicyclic) bond motifs is 1. The van der Waals surface area contributed by atoms with E-state index in [1.54, 1.807) is 25.3 Å². The van der Waals surface area contributed by atoms with E-state index in [2.05, 4.69) is 17.0 Å². The molecule has 1 aromatic heterocycles. The SMILES string of the molecule is CCc1ccc2c(CC(=O)Nc3ccc(C)c(S(=O)(=O)NC)c3)coc2c1. The van der Waals surface area contributed by atoms with Crippen molar-refractivity contribution in [2.45, 2.75) is 31.6 Å². The van der Waals surface area contributed by atoms with Crippen LogP contribution in [0.3, 0.4) is 0 Å². The predicted molar refractivity (Wildman–Crippen MR) is 105 cm³/mol. The van der Waals surface area contributed by atoms with Crippen molar-refractivity contribution in [1.82, 2.24) is 4.72 Å². The molecule has 0 radical (unpaired) electrons.